The van der Waals surface area contributed by atoms with Gasteiger partial charge in [-0.15, -0.1) is 0 Å². The molecular formula is C18H24N2O. The van der Waals surface area contributed by atoms with Crippen molar-refractivity contribution < 1.29 is 4.42 Å². The lowest BCUT2D eigenvalue weighted by atomic mass is 10.1. The summed E-state index contributed by atoms with van der Waals surface area (Å²) in [6, 6.07) is 13.7. The molecule has 0 bridgehead atoms. The van der Waals surface area contributed by atoms with Crippen molar-refractivity contribution in [3.8, 4) is 0 Å². The molecule has 1 saturated carbocycles. The third-order valence-corrected chi connectivity index (χ3v) is 3.99. The zero-order valence-electron chi connectivity index (χ0n) is 12.7. The van der Waals surface area contributed by atoms with Crippen molar-refractivity contribution in [2.24, 2.45) is 0 Å². The van der Waals surface area contributed by atoms with Gasteiger partial charge in [-0.05, 0) is 42.6 Å². The minimum absolute atomic E-state index is 0.733. The van der Waals surface area contributed by atoms with Crippen molar-refractivity contribution in [1.82, 2.24) is 10.2 Å². The van der Waals surface area contributed by atoms with Gasteiger partial charge >= 0.3 is 0 Å². The SMILES string of the molecule is CCNCc1ccc(CN(Cc2ccco2)C2CC2)cc1. The van der Waals surface area contributed by atoms with Gasteiger partial charge < -0.3 is 9.73 Å². The first-order valence-corrected chi connectivity index (χ1v) is 7.90. The van der Waals surface area contributed by atoms with Gasteiger partial charge in [0.2, 0.25) is 0 Å². The lowest BCUT2D eigenvalue weighted by molar-refractivity contribution is 0.225. The molecule has 1 aromatic carbocycles. The number of hydrogen-bond acceptors (Lipinski definition) is 3. The van der Waals surface area contributed by atoms with Crippen LogP contribution in [0.1, 0.15) is 36.7 Å². The second kappa shape index (κ2) is 6.92. The molecule has 0 saturated heterocycles. The van der Waals surface area contributed by atoms with E-state index in [1.165, 1.54) is 24.0 Å². The van der Waals surface area contributed by atoms with Gasteiger partial charge in [-0.2, -0.15) is 0 Å². The molecule has 1 aliphatic rings. The van der Waals surface area contributed by atoms with Crippen LogP contribution in [-0.2, 0) is 19.6 Å². The van der Waals surface area contributed by atoms with E-state index in [0.29, 0.717) is 0 Å². The molecule has 0 spiro atoms. The fourth-order valence-corrected chi connectivity index (χ4v) is 2.62. The van der Waals surface area contributed by atoms with Gasteiger partial charge in [0.25, 0.3) is 0 Å². The van der Waals surface area contributed by atoms with Crippen molar-refractivity contribution in [3.05, 3.63) is 59.5 Å². The van der Waals surface area contributed by atoms with Gasteiger partial charge in [0.15, 0.2) is 0 Å². The van der Waals surface area contributed by atoms with E-state index in [9.17, 15) is 0 Å². The molecule has 1 heterocycles. The largest absolute Gasteiger partial charge is 0.468 e. The van der Waals surface area contributed by atoms with E-state index >= 15 is 0 Å². The Morgan fingerprint density at radius 2 is 1.86 bits per heavy atom. The van der Waals surface area contributed by atoms with Crippen LogP contribution in [0.25, 0.3) is 0 Å². The highest BCUT2D eigenvalue weighted by molar-refractivity contribution is 5.22. The monoisotopic (exact) mass is 284 g/mol. The van der Waals surface area contributed by atoms with Crippen LogP contribution < -0.4 is 5.32 Å². The summed E-state index contributed by atoms with van der Waals surface area (Å²) in [5.74, 6) is 1.06. The Morgan fingerprint density at radius 3 is 2.48 bits per heavy atom. The van der Waals surface area contributed by atoms with Crippen LogP contribution in [0, 0.1) is 0 Å². The Kier molecular flexibility index (Phi) is 4.73. The Bertz CT molecular complexity index is 529. The van der Waals surface area contributed by atoms with E-state index < -0.39 is 0 Å². The molecule has 0 amide bonds. The Morgan fingerprint density at radius 1 is 1.10 bits per heavy atom. The van der Waals surface area contributed by atoms with Gasteiger partial charge in [-0.1, -0.05) is 31.2 Å². The van der Waals surface area contributed by atoms with E-state index in [1.54, 1.807) is 6.26 Å². The lowest BCUT2D eigenvalue weighted by Gasteiger charge is -2.21. The van der Waals surface area contributed by atoms with E-state index in [2.05, 4.69) is 47.5 Å². The molecule has 3 nitrogen and oxygen atoms in total. The third-order valence-electron chi connectivity index (χ3n) is 3.99. The van der Waals surface area contributed by atoms with Crippen molar-refractivity contribution in [2.75, 3.05) is 6.54 Å². The van der Waals surface area contributed by atoms with Crippen molar-refractivity contribution >= 4 is 0 Å². The summed E-state index contributed by atoms with van der Waals surface area (Å²) in [6.45, 7) is 6.02. The maximum Gasteiger partial charge on any atom is 0.117 e. The average molecular weight is 284 g/mol. The zero-order valence-corrected chi connectivity index (χ0v) is 12.7. The fourth-order valence-electron chi connectivity index (χ4n) is 2.62. The molecular weight excluding hydrogens is 260 g/mol. The first-order valence-electron chi connectivity index (χ1n) is 7.90. The van der Waals surface area contributed by atoms with Crippen molar-refractivity contribution in [2.45, 2.75) is 45.4 Å². The molecule has 1 aliphatic carbocycles. The second-order valence-corrected chi connectivity index (χ2v) is 5.81. The normalized spacial score (nSPS) is 14.8. The number of hydrogen-bond donors (Lipinski definition) is 1. The Labute approximate surface area is 127 Å². The summed E-state index contributed by atoms with van der Waals surface area (Å²) in [5, 5.41) is 3.36. The minimum atomic E-state index is 0.733. The topological polar surface area (TPSA) is 28.4 Å². The fraction of sp³-hybridized carbons (Fsp3) is 0.444. The van der Waals surface area contributed by atoms with E-state index in [1.807, 2.05) is 6.07 Å². The van der Waals surface area contributed by atoms with E-state index in [0.717, 1.165) is 38.0 Å². The summed E-state index contributed by atoms with van der Waals surface area (Å²) in [4.78, 5) is 2.53. The maximum atomic E-state index is 5.49. The first kappa shape index (κ1) is 14.4. The summed E-state index contributed by atoms with van der Waals surface area (Å²) < 4.78 is 5.49. The molecule has 0 unspecified atom stereocenters. The van der Waals surface area contributed by atoms with Gasteiger partial charge in [-0.25, -0.2) is 0 Å². The molecule has 1 fully saturated rings. The number of nitrogens with zero attached hydrogens (tertiary/aromatic N) is 1. The molecule has 0 radical (unpaired) electrons. The quantitative estimate of drug-likeness (QED) is 0.803. The van der Waals surface area contributed by atoms with E-state index in [4.69, 9.17) is 4.42 Å². The number of rotatable bonds is 8. The number of benzene rings is 1. The molecule has 3 heteroatoms. The number of furan rings is 1. The van der Waals surface area contributed by atoms with Crippen LogP contribution in [0.15, 0.2) is 47.1 Å². The highest BCUT2D eigenvalue weighted by Crippen LogP contribution is 2.29. The Balaban J connectivity index is 1.60. The van der Waals surface area contributed by atoms with Crippen LogP contribution in [0.4, 0.5) is 0 Å². The average Bonchev–Trinajstić information content (AvgIpc) is 3.24. The highest BCUT2D eigenvalue weighted by Gasteiger charge is 2.29. The first-order chi connectivity index (χ1) is 10.3. The van der Waals surface area contributed by atoms with E-state index in [-0.39, 0.29) is 0 Å². The second-order valence-electron chi connectivity index (χ2n) is 5.81. The summed E-state index contributed by atoms with van der Waals surface area (Å²) in [5.41, 5.74) is 2.73. The zero-order chi connectivity index (χ0) is 14.5. The molecule has 0 atom stereocenters. The minimum Gasteiger partial charge on any atom is -0.468 e. The lowest BCUT2D eigenvalue weighted by Crippen LogP contribution is -2.24. The van der Waals surface area contributed by atoms with Crippen LogP contribution in [0.2, 0.25) is 0 Å². The molecule has 0 aliphatic heterocycles. The summed E-state index contributed by atoms with van der Waals surface area (Å²) in [6.07, 6.45) is 4.40. The molecule has 2 aromatic rings. The number of nitrogens with one attached hydrogen (secondary N) is 1. The van der Waals surface area contributed by atoms with Gasteiger partial charge in [0, 0.05) is 19.1 Å². The molecule has 3 rings (SSSR count). The van der Waals surface area contributed by atoms with Crippen LogP contribution in [-0.4, -0.2) is 17.5 Å². The van der Waals surface area contributed by atoms with Crippen molar-refractivity contribution in [3.63, 3.8) is 0 Å². The van der Waals surface area contributed by atoms with Gasteiger partial charge in [-0.3, -0.25) is 4.90 Å². The predicted molar refractivity (Wildman–Crippen MR) is 84.8 cm³/mol. The maximum absolute atomic E-state index is 5.49. The highest BCUT2D eigenvalue weighted by atomic mass is 16.3. The van der Waals surface area contributed by atoms with Crippen LogP contribution >= 0.6 is 0 Å². The smallest absolute Gasteiger partial charge is 0.117 e. The predicted octanol–water partition coefficient (Wildman–Crippen LogP) is 3.55. The van der Waals surface area contributed by atoms with Gasteiger partial charge in [0.1, 0.15) is 5.76 Å². The molecule has 1 N–H and O–H groups in total. The molecule has 21 heavy (non-hydrogen) atoms. The summed E-state index contributed by atoms with van der Waals surface area (Å²) in [7, 11) is 0. The third kappa shape index (κ3) is 4.19. The van der Waals surface area contributed by atoms with Gasteiger partial charge in [0.05, 0.1) is 12.8 Å². The van der Waals surface area contributed by atoms with Crippen molar-refractivity contribution in [1.29, 1.82) is 0 Å². The molecule has 1 aromatic heterocycles. The molecule has 112 valence electrons. The Hall–Kier alpha value is -1.58. The van der Waals surface area contributed by atoms with Crippen LogP contribution in [0.5, 0.6) is 0 Å². The standard InChI is InChI=1S/C18H24N2O/c1-2-19-12-15-5-7-16(8-6-15)13-20(17-9-10-17)14-18-4-3-11-21-18/h3-8,11,17,19H,2,9-10,12-14H2,1H3. The van der Waals surface area contributed by atoms with Crippen LogP contribution in [0.3, 0.4) is 0 Å². The summed E-state index contributed by atoms with van der Waals surface area (Å²) >= 11 is 0.